The van der Waals surface area contributed by atoms with E-state index in [4.69, 9.17) is 20.5 Å². The molecule has 2 aromatic carbocycles. The van der Waals surface area contributed by atoms with Gasteiger partial charge >= 0.3 is 16.2 Å². The Morgan fingerprint density at radius 3 is 2.17 bits per heavy atom. The first kappa shape index (κ1) is 23.0. The van der Waals surface area contributed by atoms with Crippen LogP contribution >= 0.6 is 11.6 Å². The first-order chi connectivity index (χ1) is 13.4. The van der Waals surface area contributed by atoms with Crippen molar-refractivity contribution in [2.45, 2.75) is 37.4 Å². The van der Waals surface area contributed by atoms with Gasteiger partial charge < -0.3 is 18.9 Å². The standard InChI is InChI=1S/C20H24ClNO6S/c1-20(2,3)27-19(24)22(4)13-18(23)14-5-9-16(10-6-14)28-29(25,26)17-11-7-15(21)8-12-17/h5-12,18,23H,13H2,1-4H3. The Kier molecular flexibility index (Phi) is 7.15. The minimum Gasteiger partial charge on any atom is -0.444 e. The van der Waals surface area contributed by atoms with Crippen LogP contribution in [0.5, 0.6) is 5.75 Å². The van der Waals surface area contributed by atoms with Gasteiger partial charge in [0, 0.05) is 12.1 Å². The van der Waals surface area contributed by atoms with Gasteiger partial charge in [0.2, 0.25) is 0 Å². The molecule has 7 nitrogen and oxygen atoms in total. The summed E-state index contributed by atoms with van der Waals surface area (Å²) < 4.78 is 34.9. The number of aliphatic hydroxyl groups excluding tert-OH is 1. The van der Waals surface area contributed by atoms with Gasteiger partial charge in [-0.15, -0.1) is 0 Å². The largest absolute Gasteiger partial charge is 0.444 e. The van der Waals surface area contributed by atoms with E-state index in [2.05, 4.69) is 0 Å². The maximum absolute atomic E-state index is 12.3. The van der Waals surface area contributed by atoms with Crippen LogP contribution in [-0.4, -0.2) is 43.7 Å². The summed E-state index contributed by atoms with van der Waals surface area (Å²) in [4.78, 5) is 13.2. The topological polar surface area (TPSA) is 93.1 Å². The third kappa shape index (κ3) is 6.92. The van der Waals surface area contributed by atoms with Crippen molar-refractivity contribution in [2.75, 3.05) is 13.6 Å². The summed E-state index contributed by atoms with van der Waals surface area (Å²) in [6, 6.07) is 11.5. The minimum atomic E-state index is -4.00. The first-order valence-corrected chi connectivity index (χ1v) is 10.6. The Morgan fingerprint density at radius 2 is 1.66 bits per heavy atom. The maximum Gasteiger partial charge on any atom is 0.410 e. The molecule has 0 spiro atoms. The molecule has 0 aromatic heterocycles. The number of ether oxygens (including phenoxy) is 1. The van der Waals surface area contributed by atoms with Gasteiger partial charge in [-0.25, -0.2) is 4.79 Å². The predicted octanol–water partition coefficient (Wildman–Crippen LogP) is 4.01. The van der Waals surface area contributed by atoms with Crippen molar-refractivity contribution in [3.63, 3.8) is 0 Å². The SMILES string of the molecule is CN(CC(O)c1ccc(OS(=O)(=O)c2ccc(Cl)cc2)cc1)C(=O)OC(C)(C)C. The van der Waals surface area contributed by atoms with Gasteiger partial charge in [-0.1, -0.05) is 23.7 Å². The lowest BCUT2D eigenvalue weighted by atomic mass is 10.1. The number of likely N-dealkylation sites (N-methyl/N-ethyl adjacent to an activating group) is 1. The Balaban J connectivity index is 2.02. The molecule has 1 N–H and O–H groups in total. The Labute approximate surface area is 175 Å². The molecule has 2 aromatic rings. The molecule has 2 rings (SSSR count). The smallest absolute Gasteiger partial charge is 0.410 e. The first-order valence-electron chi connectivity index (χ1n) is 8.79. The highest BCUT2D eigenvalue weighted by Gasteiger charge is 2.22. The summed E-state index contributed by atoms with van der Waals surface area (Å²) in [5.41, 5.74) is -0.137. The molecule has 0 heterocycles. The van der Waals surface area contributed by atoms with E-state index < -0.39 is 27.9 Å². The third-order valence-electron chi connectivity index (χ3n) is 3.73. The molecule has 0 aliphatic rings. The number of amides is 1. The summed E-state index contributed by atoms with van der Waals surface area (Å²) >= 11 is 5.76. The van der Waals surface area contributed by atoms with E-state index in [-0.39, 0.29) is 17.2 Å². The maximum atomic E-state index is 12.3. The van der Waals surface area contributed by atoms with Gasteiger partial charge in [-0.05, 0) is 62.7 Å². The number of hydrogen-bond acceptors (Lipinski definition) is 6. The molecule has 1 amide bonds. The van der Waals surface area contributed by atoms with E-state index >= 15 is 0 Å². The summed E-state index contributed by atoms with van der Waals surface area (Å²) in [5.74, 6) is 0.0939. The molecule has 1 unspecified atom stereocenters. The number of carbonyl (C=O) groups is 1. The average molecular weight is 442 g/mol. The van der Waals surface area contributed by atoms with Crippen molar-refractivity contribution in [3.05, 3.63) is 59.1 Å². The van der Waals surface area contributed by atoms with Crippen LogP contribution in [0.2, 0.25) is 5.02 Å². The zero-order valence-corrected chi connectivity index (χ0v) is 18.2. The molecule has 0 aliphatic heterocycles. The highest BCUT2D eigenvalue weighted by atomic mass is 35.5. The molecule has 0 saturated heterocycles. The number of benzene rings is 2. The van der Waals surface area contributed by atoms with Crippen LogP contribution in [0.3, 0.4) is 0 Å². The van der Waals surface area contributed by atoms with Crippen molar-refractivity contribution in [1.29, 1.82) is 0 Å². The summed E-state index contributed by atoms with van der Waals surface area (Å²) in [5, 5.41) is 10.8. The normalized spacial score (nSPS) is 12.9. The van der Waals surface area contributed by atoms with Crippen LogP contribution in [0.15, 0.2) is 53.4 Å². The van der Waals surface area contributed by atoms with Gasteiger partial charge in [0.1, 0.15) is 16.2 Å². The Hall–Kier alpha value is -2.29. The fourth-order valence-electron chi connectivity index (χ4n) is 2.30. The van der Waals surface area contributed by atoms with E-state index in [1.807, 2.05) is 0 Å². The van der Waals surface area contributed by atoms with Gasteiger partial charge in [0.25, 0.3) is 0 Å². The molecular formula is C20H24ClNO6S. The Morgan fingerprint density at radius 1 is 1.10 bits per heavy atom. The van der Waals surface area contributed by atoms with Crippen molar-refractivity contribution in [3.8, 4) is 5.75 Å². The number of aliphatic hydroxyl groups is 1. The summed E-state index contributed by atoms with van der Waals surface area (Å²) in [7, 11) is -2.48. The van der Waals surface area contributed by atoms with Crippen LogP contribution in [0.25, 0.3) is 0 Å². The number of carbonyl (C=O) groups excluding carboxylic acids is 1. The number of hydrogen-bond donors (Lipinski definition) is 1. The van der Waals surface area contributed by atoms with Crippen molar-refractivity contribution in [1.82, 2.24) is 4.90 Å². The number of halogens is 1. The second-order valence-electron chi connectivity index (χ2n) is 7.44. The van der Waals surface area contributed by atoms with Crippen molar-refractivity contribution >= 4 is 27.8 Å². The van der Waals surface area contributed by atoms with E-state index in [1.54, 1.807) is 20.8 Å². The summed E-state index contributed by atoms with van der Waals surface area (Å²) in [6.45, 7) is 5.28. The van der Waals surface area contributed by atoms with E-state index in [0.717, 1.165) is 0 Å². The van der Waals surface area contributed by atoms with Crippen LogP contribution in [0.4, 0.5) is 4.79 Å². The van der Waals surface area contributed by atoms with Crippen molar-refractivity contribution in [2.24, 2.45) is 0 Å². The van der Waals surface area contributed by atoms with Gasteiger partial charge in [0.15, 0.2) is 0 Å². The monoisotopic (exact) mass is 441 g/mol. The molecule has 158 valence electrons. The molecular weight excluding hydrogens is 418 g/mol. The molecule has 0 radical (unpaired) electrons. The lowest BCUT2D eigenvalue weighted by Gasteiger charge is -2.26. The van der Waals surface area contributed by atoms with E-state index in [0.29, 0.717) is 10.6 Å². The predicted molar refractivity (Wildman–Crippen MR) is 110 cm³/mol. The van der Waals surface area contributed by atoms with Crippen LogP contribution < -0.4 is 4.18 Å². The van der Waals surface area contributed by atoms with Gasteiger partial charge in [-0.3, -0.25) is 0 Å². The zero-order valence-electron chi connectivity index (χ0n) is 16.6. The fourth-order valence-corrected chi connectivity index (χ4v) is 3.36. The summed E-state index contributed by atoms with van der Waals surface area (Å²) in [6.07, 6.45) is -1.53. The molecule has 0 saturated carbocycles. The quantitative estimate of drug-likeness (QED) is 0.681. The lowest BCUT2D eigenvalue weighted by molar-refractivity contribution is 0.0205. The van der Waals surface area contributed by atoms with E-state index in [9.17, 15) is 18.3 Å². The second kappa shape index (κ2) is 9.02. The second-order valence-corrected chi connectivity index (χ2v) is 9.42. The van der Waals surface area contributed by atoms with Crippen LogP contribution in [0.1, 0.15) is 32.4 Å². The highest BCUT2D eigenvalue weighted by Crippen LogP contribution is 2.23. The minimum absolute atomic E-state index is 0.0121. The number of nitrogens with zero attached hydrogens (tertiary/aromatic N) is 1. The van der Waals surface area contributed by atoms with Crippen molar-refractivity contribution < 1.29 is 27.2 Å². The molecule has 9 heteroatoms. The molecule has 0 bridgehead atoms. The third-order valence-corrected chi connectivity index (χ3v) is 5.24. The average Bonchev–Trinajstić information content (AvgIpc) is 2.60. The van der Waals surface area contributed by atoms with Gasteiger partial charge in [-0.2, -0.15) is 8.42 Å². The van der Waals surface area contributed by atoms with Crippen LogP contribution in [0, 0.1) is 0 Å². The number of rotatable bonds is 6. The van der Waals surface area contributed by atoms with E-state index in [1.165, 1.54) is 60.5 Å². The fraction of sp³-hybridized carbons (Fsp3) is 0.350. The van der Waals surface area contributed by atoms with Gasteiger partial charge in [0.05, 0.1) is 12.6 Å². The highest BCUT2D eigenvalue weighted by molar-refractivity contribution is 7.87. The lowest BCUT2D eigenvalue weighted by Crippen LogP contribution is -2.36. The molecule has 0 aliphatic carbocycles. The van der Waals surface area contributed by atoms with Crippen LogP contribution in [-0.2, 0) is 14.9 Å². The zero-order chi connectivity index (χ0) is 21.8. The molecule has 1 atom stereocenters. The molecule has 29 heavy (non-hydrogen) atoms. The Bertz CT molecular complexity index is 936. The molecule has 0 fully saturated rings.